The molecule has 0 atom stereocenters. The molecule has 0 amide bonds. The fraction of sp³-hybridized carbons (Fsp3) is 0.0141. The summed E-state index contributed by atoms with van der Waals surface area (Å²) in [6, 6.07) is 100. The minimum Gasteiger partial charge on any atom is -0.455 e. The summed E-state index contributed by atoms with van der Waals surface area (Å²) in [5, 5.41) is 4.49. The molecule has 73 heavy (non-hydrogen) atoms. The molecular formula is C71H45NO. The monoisotopic (exact) mass is 927 g/mol. The van der Waals surface area contributed by atoms with Crippen molar-refractivity contribution in [2.45, 2.75) is 5.41 Å². The number of rotatable bonds is 7. The highest BCUT2D eigenvalue weighted by Crippen LogP contribution is 2.63. The molecule has 15 rings (SSSR count). The predicted octanol–water partition coefficient (Wildman–Crippen LogP) is 19.2. The second-order valence-electron chi connectivity index (χ2n) is 19.5. The van der Waals surface area contributed by atoms with Gasteiger partial charge in [0, 0.05) is 38.8 Å². The van der Waals surface area contributed by atoms with Crippen LogP contribution < -0.4 is 4.90 Å². The van der Waals surface area contributed by atoms with Crippen LogP contribution in [0.5, 0.6) is 0 Å². The van der Waals surface area contributed by atoms with Crippen LogP contribution in [0.1, 0.15) is 22.3 Å². The normalized spacial score (nSPS) is 12.8. The first-order valence-corrected chi connectivity index (χ1v) is 25.2. The van der Waals surface area contributed by atoms with Gasteiger partial charge >= 0.3 is 0 Å². The third-order valence-electron chi connectivity index (χ3n) is 15.7. The topological polar surface area (TPSA) is 16.4 Å². The van der Waals surface area contributed by atoms with Gasteiger partial charge < -0.3 is 9.32 Å². The maximum Gasteiger partial charge on any atom is 0.143 e. The number of furan rings is 1. The lowest BCUT2D eigenvalue weighted by Gasteiger charge is -2.32. The highest BCUT2D eigenvalue weighted by atomic mass is 16.3. The van der Waals surface area contributed by atoms with E-state index in [0.717, 1.165) is 60.9 Å². The van der Waals surface area contributed by atoms with Gasteiger partial charge in [0.15, 0.2) is 0 Å². The highest BCUT2D eigenvalue weighted by molar-refractivity contribution is 6.26. The molecule has 2 aliphatic rings. The van der Waals surface area contributed by atoms with Crippen molar-refractivity contribution in [2.75, 3.05) is 4.90 Å². The fourth-order valence-corrected chi connectivity index (χ4v) is 12.6. The van der Waals surface area contributed by atoms with Gasteiger partial charge in [-0.15, -0.1) is 0 Å². The molecule has 2 aliphatic carbocycles. The molecule has 13 aromatic rings. The standard InChI is InChI=1S/C71H45NO/c1-3-17-46(18-4-1)48-31-33-51(34-32-48)68-67(59-24-7-8-25-60(59)70-69(68)61-26-12-16-30-66(61)73-70)50-37-41-53(42-38-50)72(52-39-35-49(36-40-52)47-19-5-2-6-20-47)54-43-44-58-57-23-11-15-29-64(57)71(65(58)45-54)62-27-13-9-21-55(62)56-22-10-14-28-63(56)71/h1-45H. The smallest absolute Gasteiger partial charge is 0.143 e. The molecule has 2 nitrogen and oxygen atoms in total. The van der Waals surface area contributed by atoms with Gasteiger partial charge in [0.25, 0.3) is 0 Å². The van der Waals surface area contributed by atoms with E-state index in [-0.39, 0.29) is 0 Å². The first kappa shape index (κ1) is 41.3. The van der Waals surface area contributed by atoms with Crippen LogP contribution in [0.2, 0.25) is 0 Å². The number of benzene rings is 12. The Bertz CT molecular complexity index is 4220. The molecule has 0 N–H and O–H groups in total. The molecule has 1 aromatic heterocycles. The van der Waals surface area contributed by atoms with Gasteiger partial charge in [0.2, 0.25) is 0 Å². The van der Waals surface area contributed by atoms with Crippen molar-refractivity contribution in [3.8, 4) is 66.8 Å². The maximum atomic E-state index is 6.82. The van der Waals surface area contributed by atoms with Gasteiger partial charge in [-0.25, -0.2) is 0 Å². The lowest BCUT2D eigenvalue weighted by atomic mass is 9.70. The van der Waals surface area contributed by atoms with Crippen LogP contribution in [-0.2, 0) is 5.41 Å². The third kappa shape index (κ3) is 6.17. The summed E-state index contributed by atoms with van der Waals surface area (Å²) < 4.78 is 6.82. The highest BCUT2D eigenvalue weighted by Gasteiger charge is 2.51. The zero-order valence-corrected chi connectivity index (χ0v) is 39.8. The number of hydrogen-bond acceptors (Lipinski definition) is 2. The second-order valence-corrected chi connectivity index (χ2v) is 19.5. The van der Waals surface area contributed by atoms with E-state index in [2.05, 4.69) is 278 Å². The molecule has 0 saturated carbocycles. The minimum absolute atomic E-state index is 0.464. The first-order chi connectivity index (χ1) is 36.2. The Morgan fingerprint density at radius 1 is 0.274 bits per heavy atom. The van der Waals surface area contributed by atoms with Gasteiger partial charge in [0.05, 0.1) is 5.41 Å². The number of anilines is 3. The summed E-state index contributed by atoms with van der Waals surface area (Å²) in [6.07, 6.45) is 0. The van der Waals surface area contributed by atoms with Gasteiger partial charge in [-0.2, -0.15) is 0 Å². The Labute approximate surface area is 424 Å². The summed E-state index contributed by atoms with van der Waals surface area (Å²) in [5.41, 5.74) is 24.5. The molecule has 2 heteroatoms. The Balaban J connectivity index is 0.939. The maximum absolute atomic E-state index is 6.82. The fourth-order valence-electron chi connectivity index (χ4n) is 12.6. The molecule has 340 valence electrons. The molecule has 12 aromatic carbocycles. The molecule has 0 saturated heterocycles. The molecular weight excluding hydrogens is 883 g/mol. The van der Waals surface area contributed by atoms with E-state index < -0.39 is 5.41 Å². The Morgan fingerprint density at radius 2 is 0.671 bits per heavy atom. The van der Waals surface area contributed by atoms with Crippen LogP contribution in [0, 0.1) is 0 Å². The summed E-state index contributed by atoms with van der Waals surface area (Å²) in [4.78, 5) is 2.44. The van der Waals surface area contributed by atoms with Crippen LogP contribution in [0.3, 0.4) is 0 Å². The van der Waals surface area contributed by atoms with Crippen LogP contribution in [0.15, 0.2) is 277 Å². The van der Waals surface area contributed by atoms with Crippen molar-refractivity contribution in [1.29, 1.82) is 0 Å². The lowest BCUT2D eigenvalue weighted by Crippen LogP contribution is -2.26. The Hall–Kier alpha value is -9.50. The molecule has 0 bridgehead atoms. The first-order valence-electron chi connectivity index (χ1n) is 25.2. The molecule has 0 unspecified atom stereocenters. The van der Waals surface area contributed by atoms with E-state index in [1.54, 1.807) is 0 Å². The van der Waals surface area contributed by atoms with E-state index in [9.17, 15) is 0 Å². The van der Waals surface area contributed by atoms with Crippen molar-refractivity contribution in [3.05, 3.63) is 295 Å². The minimum atomic E-state index is -0.464. The van der Waals surface area contributed by atoms with Crippen LogP contribution in [0.4, 0.5) is 17.1 Å². The van der Waals surface area contributed by atoms with Crippen molar-refractivity contribution < 1.29 is 4.42 Å². The van der Waals surface area contributed by atoms with Crippen LogP contribution in [-0.4, -0.2) is 0 Å². The average Bonchev–Trinajstić information content (AvgIpc) is 4.12. The summed E-state index contributed by atoms with van der Waals surface area (Å²) in [6.45, 7) is 0. The molecule has 0 radical (unpaired) electrons. The van der Waals surface area contributed by atoms with E-state index in [1.165, 1.54) is 77.9 Å². The summed E-state index contributed by atoms with van der Waals surface area (Å²) >= 11 is 0. The zero-order valence-electron chi connectivity index (χ0n) is 39.8. The molecule has 1 heterocycles. The molecule has 0 fully saturated rings. The Morgan fingerprint density at radius 3 is 1.25 bits per heavy atom. The van der Waals surface area contributed by atoms with E-state index in [1.807, 2.05) is 0 Å². The SMILES string of the molecule is c1ccc(-c2ccc(-c3c(-c4ccc(N(c5ccc(-c6ccccc6)cc5)c5ccc6c(c5)C5(c7ccccc7-c7ccccc75)c5ccccc5-6)cc4)c4ccccc4c4oc5ccccc5c34)cc2)cc1. The van der Waals surface area contributed by atoms with Crippen molar-refractivity contribution in [2.24, 2.45) is 0 Å². The van der Waals surface area contributed by atoms with Gasteiger partial charge in [-0.1, -0.05) is 231 Å². The zero-order chi connectivity index (χ0) is 48.0. The lowest BCUT2D eigenvalue weighted by molar-refractivity contribution is 0.673. The number of hydrogen-bond donors (Lipinski definition) is 0. The number of nitrogens with zero attached hydrogens (tertiary/aromatic N) is 1. The van der Waals surface area contributed by atoms with Crippen molar-refractivity contribution in [3.63, 3.8) is 0 Å². The van der Waals surface area contributed by atoms with Crippen molar-refractivity contribution in [1.82, 2.24) is 0 Å². The summed E-state index contributed by atoms with van der Waals surface area (Å²) in [7, 11) is 0. The third-order valence-corrected chi connectivity index (χ3v) is 15.7. The van der Waals surface area contributed by atoms with Crippen LogP contribution in [0.25, 0.3) is 99.5 Å². The molecule has 0 aliphatic heterocycles. The number of fused-ring (bicyclic) bond motifs is 15. The van der Waals surface area contributed by atoms with Crippen LogP contribution >= 0.6 is 0 Å². The predicted molar refractivity (Wildman–Crippen MR) is 304 cm³/mol. The van der Waals surface area contributed by atoms with Gasteiger partial charge in [-0.05, 0) is 131 Å². The van der Waals surface area contributed by atoms with E-state index in [0.29, 0.717) is 0 Å². The van der Waals surface area contributed by atoms with Gasteiger partial charge in [-0.3, -0.25) is 0 Å². The average molecular weight is 928 g/mol. The molecule has 1 spiro atoms. The Kier molecular flexibility index (Phi) is 9.21. The van der Waals surface area contributed by atoms with E-state index >= 15 is 0 Å². The van der Waals surface area contributed by atoms with Crippen molar-refractivity contribution >= 4 is 49.8 Å². The van der Waals surface area contributed by atoms with E-state index in [4.69, 9.17) is 4.42 Å². The second kappa shape index (κ2) is 16.3. The largest absolute Gasteiger partial charge is 0.455 e. The van der Waals surface area contributed by atoms with Gasteiger partial charge in [0.1, 0.15) is 11.2 Å². The quantitative estimate of drug-likeness (QED) is 0.158. The number of para-hydroxylation sites is 1. The summed E-state index contributed by atoms with van der Waals surface area (Å²) in [5.74, 6) is 0.